The van der Waals surface area contributed by atoms with Crippen LogP contribution in [0.2, 0.25) is 10.0 Å². The van der Waals surface area contributed by atoms with Gasteiger partial charge in [-0.25, -0.2) is 0 Å². The van der Waals surface area contributed by atoms with Crippen LogP contribution in [0.15, 0.2) is 42.5 Å². The van der Waals surface area contributed by atoms with E-state index in [1.54, 1.807) is 42.5 Å². The van der Waals surface area contributed by atoms with Gasteiger partial charge in [-0.15, -0.1) is 5.06 Å². The third kappa shape index (κ3) is 2.98. The van der Waals surface area contributed by atoms with Gasteiger partial charge in [0.15, 0.2) is 0 Å². The number of fused-ring (bicyclic) bond motifs is 1. The van der Waals surface area contributed by atoms with Crippen molar-refractivity contribution in [3.8, 4) is 0 Å². The van der Waals surface area contributed by atoms with Gasteiger partial charge in [0.05, 0.1) is 17.7 Å². The van der Waals surface area contributed by atoms with Crippen LogP contribution >= 0.6 is 23.2 Å². The summed E-state index contributed by atoms with van der Waals surface area (Å²) < 4.78 is 0. The molecule has 4 nitrogen and oxygen atoms in total. The number of hydrogen-bond donors (Lipinski definition) is 0. The molecule has 6 heteroatoms. The number of imide groups is 1. The molecule has 1 unspecified atom stereocenters. The van der Waals surface area contributed by atoms with Gasteiger partial charge in [-0.1, -0.05) is 48.3 Å². The van der Waals surface area contributed by atoms with Gasteiger partial charge >= 0.3 is 0 Å². The molecule has 2 aromatic rings. The Kier molecular flexibility index (Phi) is 4.39. The molecule has 118 valence electrons. The van der Waals surface area contributed by atoms with Crippen molar-refractivity contribution in [3.05, 3.63) is 69.2 Å². The van der Waals surface area contributed by atoms with E-state index >= 15 is 0 Å². The summed E-state index contributed by atoms with van der Waals surface area (Å²) >= 11 is 12.0. The Morgan fingerprint density at radius 1 is 1.04 bits per heavy atom. The minimum Gasteiger partial charge on any atom is -0.266 e. The number of benzene rings is 2. The van der Waals surface area contributed by atoms with Crippen molar-refractivity contribution in [2.45, 2.75) is 12.8 Å². The van der Waals surface area contributed by atoms with Gasteiger partial charge in [0.2, 0.25) is 0 Å². The molecule has 1 atom stereocenters. The Morgan fingerprint density at radius 2 is 1.65 bits per heavy atom. The second-order valence-corrected chi connectivity index (χ2v) is 6.16. The first-order valence-electron chi connectivity index (χ1n) is 7.04. The average Bonchev–Trinajstić information content (AvgIpc) is 2.77. The van der Waals surface area contributed by atoms with Crippen LogP contribution in [0.5, 0.6) is 0 Å². The van der Waals surface area contributed by atoms with Crippen LogP contribution < -0.4 is 0 Å². The summed E-state index contributed by atoms with van der Waals surface area (Å²) in [6.07, 6.45) is 0. The highest BCUT2D eigenvalue weighted by molar-refractivity contribution is 6.35. The molecule has 0 bridgehead atoms. The number of carbonyl (C=O) groups is 2. The lowest BCUT2D eigenvalue weighted by atomic mass is 10.0. The van der Waals surface area contributed by atoms with Crippen LogP contribution in [-0.4, -0.2) is 23.5 Å². The smallest absolute Gasteiger partial charge is 0.266 e. The Labute approximate surface area is 143 Å². The number of hydrogen-bond acceptors (Lipinski definition) is 3. The van der Waals surface area contributed by atoms with E-state index in [9.17, 15) is 9.59 Å². The molecule has 2 amide bonds. The van der Waals surface area contributed by atoms with Gasteiger partial charge in [0, 0.05) is 16.0 Å². The van der Waals surface area contributed by atoms with E-state index in [4.69, 9.17) is 28.0 Å². The van der Waals surface area contributed by atoms with Gasteiger partial charge in [0.25, 0.3) is 11.8 Å². The van der Waals surface area contributed by atoms with Crippen molar-refractivity contribution in [2.75, 3.05) is 6.61 Å². The Bertz CT molecular complexity index is 756. The fraction of sp³-hybridized carbons (Fsp3) is 0.176. The summed E-state index contributed by atoms with van der Waals surface area (Å²) in [5, 5.41) is 1.88. The molecule has 0 fully saturated rings. The van der Waals surface area contributed by atoms with E-state index in [2.05, 4.69) is 0 Å². The Balaban J connectivity index is 1.72. The molecule has 1 heterocycles. The van der Waals surface area contributed by atoms with Crippen molar-refractivity contribution >= 4 is 35.0 Å². The normalized spacial score (nSPS) is 15.0. The van der Waals surface area contributed by atoms with E-state index in [-0.39, 0.29) is 12.5 Å². The number of hydroxylamine groups is 2. The summed E-state index contributed by atoms with van der Waals surface area (Å²) in [5.74, 6) is -0.996. The van der Waals surface area contributed by atoms with E-state index in [1.807, 2.05) is 6.92 Å². The highest BCUT2D eigenvalue weighted by Crippen LogP contribution is 2.29. The Hall–Kier alpha value is -1.88. The van der Waals surface area contributed by atoms with E-state index in [1.165, 1.54) is 0 Å². The van der Waals surface area contributed by atoms with E-state index in [0.717, 1.165) is 10.6 Å². The SMILES string of the molecule is CC(CON1C(=O)c2ccccc2C1=O)c1ccc(Cl)cc1Cl. The molecule has 1 aliphatic heterocycles. The maximum atomic E-state index is 12.2. The monoisotopic (exact) mass is 349 g/mol. The van der Waals surface area contributed by atoms with Crippen LogP contribution in [0.4, 0.5) is 0 Å². The summed E-state index contributed by atoms with van der Waals surface area (Å²) in [5.41, 5.74) is 1.55. The molecule has 3 rings (SSSR count). The fourth-order valence-electron chi connectivity index (χ4n) is 2.46. The topological polar surface area (TPSA) is 46.6 Å². The molecule has 0 aliphatic carbocycles. The third-order valence-electron chi connectivity index (χ3n) is 3.70. The number of amides is 2. The van der Waals surface area contributed by atoms with Crippen molar-refractivity contribution in [1.29, 1.82) is 0 Å². The largest absolute Gasteiger partial charge is 0.285 e. The zero-order chi connectivity index (χ0) is 16.6. The van der Waals surface area contributed by atoms with Crippen LogP contribution in [0.3, 0.4) is 0 Å². The van der Waals surface area contributed by atoms with Gasteiger partial charge in [-0.3, -0.25) is 14.4 Å². The fourth-order valence-corrected chi connectivity index (χ4v) is 3.06. The molecule has 1 aliphatic rings. The highest BCUT2D eigenvalue weighted by atomic mass is 35.5. The molecule has 0 radical (unpaired) electrons. The molecular weight excluding hydrogens is 337 g/mol. The van der Waals surface area contributed by atoms with Crippen LogP contribution in [0.1, 0.15) is 39.1 Å². The zero-order valence-corrected chi connectivity index (χ0v) is 13.8. The summed E-state index contributed by atoms with van der Waals surface area (Å²) in [4.78, 5) is 29.9. The lowest BCUT2D eigenvalue weighted by molar-refractivity contribution is -0.0948. The zero-order valence-electron chi connectivity index (χ0n) is 12.3. The van der Waals surface area contributed by atoms with Gasteiger partial charge in [-0.05, 0) is 29.8 Å². The number of halogens is 2. The number of nitrogens with zero attached hydrogens (tertiary/aromatic N) is 1. The molecule has 2 aromatic carbocycles. The molecule has 0 N–H and O–H groups in total. The lowest BCUT2D eigenvalue weighted by Gasteiger charge is -2.18. The maximum Gasteiger partial charge on any atom is 0.285 e. The summed E-state index contributed by atoms with van der Waals surface area (Å²) in [6, 6.07) is 11.8. The molecule has 0 saturated carbocycles. The van der Waals surface area contributed by atoms with E-state index < -0.39 is 11.8 Å². The molecule has 0 aromatic heterocycles. The maximum absolute atomic E-state index is 12.2. The Morgan fingerprint density at radius 3 is 2.22 bits per heavy atom. The third-order valence-corrected chi connectivity index (χ3v) is 4.27. The van der Waals surface area contributed by atoms with Crippen molar-refractivity contribution in [3.63, 3.8) is 0 Å². The van der Waals surface area contributed by atoms with Crippen LogP contribution in [0.25, 0.3) is 0 Å². The molecule has 0 saturated heterocycles. The van der Waals surface area contributed by atoms with Crippen LogP contribution in [-0.2, 0) is 4.84 Å². The predicted molar refractivity (Wildman–Crippen MR) is 87.8 cm³/mol. The second kappa shape index (κ2) is 6.32. The number of rotatable bonds is 4. The second-order valence-electron chi connectivity index (χ2n) is 5.31. The van der Waals surface area contributed by atoms with Gasteiger partial charge in [-0.2, -0.15) is 0 Å². The predicted octanol–water partition coefficient (Wildman–Crippen LogP) is 4.32. The summed E-state index contributed by atoms with van der Waals surface area (Å²) in [6.45, 7) is 2.04. The molecular formula is C17H13Cl2NO3. The standard InChI is InChI=1S/C17H13Cl2NO3/c1-10(12-7-6-11(18)8-15(12)19)9-23-20-16(21)13-4-2-3-5-14(13)17(20)22/h2-8,10H,9H2,1H3. The van der Waals surface area contributed by atoms with Crippen molar-refractivity contribution in [1.82, 2.24) is 5.06 Å². The van der Waals surface area contributed by atoms with Gasteiger partial charge < -0.3 is 0 Å². The van der Waals surface area contributed by atoms with Crippen LogP contribution in [0, 0.1) is 0 Å². The minimum absolute atomic E-state index is 0.107. The average molecular weight is 350 g/mol. The summed E-state index contributed by atoms with van der Waals surface area (Å²) in [7, 11) is 0. The van der Waals surface area contributed by atoms with Crippen molar-refractivity contribution < 1.29 is 14.4 Å². The first kappa shape index (κ1) is 16.0. The van der Waals surface area contributed by atoms with Gasteiger partial charge in [0.1, 0.15) is 0 Å². The minimum atomic E-state index is -0.444. The quantitative estimate of drug-likeness (QED) is 0.772. The first-order valence-corrected chi connectivity index (χ1v) is 7.80. The first-order chi connectivity index (χ1) is 11.0. The number of carbonyl (C=O) groups excluding carboxylic acids is 2. The molecule has 23 heavy (non-hydrogen) atoms. The molecule has 0 spiro atoms. The highest BCUT2D eigenvalue weighted by Gasteiger charge is 2.36. The lowest BCUT2D eigenvalue weighted by Crippen LogP contribution is -2.31. The van der Waals surface area contributed by atoms with Crippen molar-refractivity contribution in [2.24, 2.45) is 0 Å². The van der Waals surface area contributed by atoms with E-state index in [0.29, 0.717) is 21.2 Å².